The van der Waals surface area contributed by atoms with Crippen LogP contribution in [0.2, 0.25) is 0 Å². The number of hydrogen-bond donors (Lipinski definition) is 1. The molecule has 1 fully saturated rings. The standard InChI is InChI=1S/C12H23NO2/c1-4-5-7-10(11(14)15)13-9-6-8-12(13,2)3/h10H,4-9H2,1-3H3,(H,14,15). The average molecular weight is 213 g/mol. The van der Waals surface area contributed by atoms with E-state index in [0.717, 1.165) is 38.6 Å². The van der Waals surface area contributed by atoms with Gasteiger partial charge in [-0.2, -0.15) is 0 Å². The highest BCUT2D eigenvalue weighted by Crippen LogP contribution is 2.31. The summed E-state index contributed by atoms with van der Waals surface area (Å²) in [7, 11) is 0. The minimum Gasteiger partial charge on any atom is -0.480 e. The quantitative estimate of drug-likeness (QED) is 0.763. The Bertz CT molecular complexity index is 226. The lowest BCUT2D eigenvalue weighted by Crippen LogP contribution is -2.49. The molecule has 0 aliphatic carbocycles. The van der Waals surface area contributed by atoms with Gasteiger partial charge < -0.3 is 5.11 Å². The van der Waals surface area contributed by atoms with E-state index in [1.54, 1.807) is 0 Å². The highest BCUT2D eigenvalue weighted by Gasteiger charge is 2.39. The van der Waals surface area contributed by atoms with E-state index in [9.17, 15) is 9.90 Å². The molecule has 0 bridgehead atoms. The lowest BCUT2D eigenvalue weighted by molar-refractivity contribution is -0.145. The van der Waals surface area contributed by atoms with Crippen LogP contribution in [0.3, 0.4) is 0 Å². The van der Waals surface area contributed by atoms with E-state index in [1.165, 1.54) is 0 Å². The van der Waals surface area contributed by atoms with Gasteiger partial charge in [0, 0.05) is 5.54 Å². The third-order valence-electron chi connectivity index (χ3n) is 3.46. The maximum absolute atomic E-state index is 11.2. The Hall–Kier alpha value is -0.570. The van der Waals surface area contributed by atoms with Crippen LogP contribution in [-0.2, 0) is 4.79 Å². The molecule has 3 nitrogen and oxygen atoms in total. The van der Waals surface area contributed by atoms with Crippen molar-refractivity contribution in [2.75, 3.05) is 6.54 Å². The van der Waals surface area contributed by atoms with Gasteiger partial charge in [0.15, 0.2) is 0 Å². The summed E-state index contributed by atoms with van der Waals surface area (Å²) in [5, 5.41) is 9.25. The van der Waals surface area contributed by atoms with Gasteiger partial charge in [-0.25, -0.2) is 0 Å². The third-order valence-corrected chi connectivity index (χ3v) is 3.46. The maximum atomic E-state index is 11.2. The molecule has 0 radical (unpaired) electrons. The van der Waals surface area contributed by atoms with Gasteiger partial charge in [-0.15, -0.1) is 0 Å². The summed E-state index contributed by atoms with van der Waals surface area (Å²) in [5.41, 5.74) is 0.0663. The van der Waals surface area contributed by atoms with Gasteiger partial charge in [-0.1, -0.05) is 19.8 Å². The molecule has 0 amide bonds. The number of rotatable bonds is 5. The molecule has 0 spiro atoms. The van der Waals surface area contributed by atoms with Crippen molar-refractivity contribution < 1.29 is 9.90 Å². The Kier molecular flexibility index (Phi) is 4.14. The largest absolute Gasteiger partial charge is 0.480 e. The molecule has 1 aliphatic heterocycles. The molecule has 1 saturated heterocycles. The molecule has 1 atom stereocenters. The van der Waals surface area contributed by atoms with Crippen molar-refractivity contribution in [2.45, 2.75) is 64.5 Å². The zero-order valence-corrected chi connectivity index (χ0v) is 10.1. The third kappa shape index (κ3) is 2.94. The van der Waals surface area contributed by atoms with Crippen LogP contribution in [0.4, 0.5) is 0 Å². The molecule has 0 saturated carbocycles. The molecule has 88 valence electrons. The minimum absolute atomic E-state index is 0.0663. The molecule has 1 aliphatic rings. The first-order valence-corrected chi connectivity index (χ1v) is 5.98. The fraction of sp³-hybridized carbons (Fsp3) is 0.917. The van der Waals surface area contributed by atoms with Gasteiger partial charge in [0.1, 0.15) is 6.04 Å². The molecule has 1 N–H and O–H groups in total. The highest BCUT2D eigenvalue weighted by atomic mass is 16.4. The summed E-state index contributed by atoms with van der Waals surface area (Å²) in [4.78, 5) is 13.4. The van der Waals surface area contributed by atoms with Crippen LogP contribution >= 0.6 is 0 Å². The summed E-state index contributed by atoms with van der Waals surface area (Å²) in [5.74, 6) is -0.654. The second kappa shape index (κ2) is 4.97. The van der Waals surface area contributed by atoms with Gasteiger partial charge in [-0.05, 0) is 39.7 Å². The maximum Gasteiger partial charge on any atom is 0.320 e. The van der Waals surface area contributed by atoms with Gasteiger partial charge in [0.2, 0.25) is 0 Å². The first-order chi connectivity index (χ1) is 6.99. The van der Waals surface area contributed by atoms with Crippen molar-refractivity contribution in [1.29, 1.82) is 0 Å². The van der Waals surface area contributed by atoms with Gasteiger partial charge in [0.05, 0.1) is 0 Å². The van der Waals surface area contributed by atoms with E-state index in [1.807, 2.05) is 0 Å². The Labute approximate surface area is 92.5 Å². The SMILES string of the molecule is CCCCC(C(=O)O)N1CCCC1(C)C. The van der Waals surface area contributed by atoms with Crippen LogP contribution in [0.5, 0.6) is 0 Å². The fourth-order valence-corrected chi connectivity index (χ4v) is 2.52. The van der Waals surface area contributed by atoms with Crippen molar-refractivity contribution in [3.05, 3.63) is 0 Å². The molecular weight excluding hydrogens is 190 g/mol. The molecule has 1 heterocycles. The molecule has 3 heteroatoms. The number of carbonyl (C=O) groups is 1. The topological polar surface area (TPSA) is 40.5 Å². The number of aliphatic carboxylic acids is 1. The summed E-state index contributed by atoms with van der Waals surface area (Å²) in [6.45, 7) is 7.35. The molecule has 1 rings (SSSR count). The molecule has 0 aromatic rings. The average Bonchev–Trinajstić information content (AvgIpc) is 2.46. The van der Waals surface area contributed by atoms with Crippen molar-refractivity contribution in [2.24, 2.45) is 0 Å². The Morgan fingerprint density at radius 1 is 1.53 bits per heavy atom. The minimum atomic E-state index is -0.654. The van der Waals surface area contributed by atoms with Crippen LogP contribution < -0.4 is 0 Å². The lowest BCUT2D eigenvalue weighted by atomic mass is 9.98. The molecule has 0 aromatic carbocycles. The number of carboxylic acids is 1. The summed E-state index contributed by atoms with van der Waals surface area (Å²) in [6.07, 6.45) is 5.10. The van der Waals surface area contributed by atoms with Crippen molar-refractivity contribution in [1.82, 2.24) is 4.90 Å². The van der Waals surface area contributed by atoms with Crippen LogP contribution in [0.15, 0.2) is 0 Å². The number of carboxylic acid groups (broad SMARTS) is 1. The van der Waals surface area contributed by atoms with E-state index in [4.69, 9.17) is 0 Å². The van der Waals surface area contributed by atoms with Crippen LogP contribution in [0.1, 0.15) is 52.9 Å². The summed E-state index contributed by atoms with van der Waals surface area (Å²) < 4.78 is 0. The predicted octanol–water partition coefficient (Wildman–Crippen LogP) is 2.50. The first-order valence-electron chi connectivity index (χ1n) is 5.98. The Morgan fingerprint density at radius 2 is 2.20 bits per heavy atom. The Morgan fingerprint density at radius 3 is 2.60 bits per heavy atom. The van der Waals surface area contributed by atoms with E-state index in [0.29, 0.717) is 0 Å². The smallest absolute Gasteiger partial charge is 0.320 e. The predicted molar refractivity (Wildman–Crippen MR) is 61.0 cm³/mol. The summed E-state index contributed by atoms with van der Waals surface area (Å²) >= 11 is 0. The molecule has 15 heavy (non-hydrogen) atoms. The number of nitrogens with zero attached hydrogens (tertiary/aromatic N) is 1. The molecule has 1 unspecified atom stereocenters. The zero-order valence-electron chi connectivity index (χ0n) is 10.1. The van der Waals surface area contributed by atoms with Crippen LogP contribution in [0.25, 0.3) is 0 Å². The van der Waals surface area contributed by atoms with Crippen LogP contribution in [0, 0.1) is 0 Å². The van der Waals surface area contributed by atoms with E-state index in [2.05, 4.69) is 25.7 Å². The Balaban J connectivity index is 2.66. The monoisotopic (exact) mass is 213 g/mol. The lowest BCUT2D eigenvalue weighted by Gasteiger charge is -2.36. The normalized spacial score (nSPS) is 22.9. The van der Waals surface area contributed by atoms with Crippen molar-refractivity contribution in [3.63, 3.8) is 0 Å². The van der Waals surface area contributed by atoms with Crippen LogP contribution in [-0.4, -0.2) is 34.1 Å². The number of likely N-dealkylation sites (tertiary alicyclic amines) is 1. The van der Waals surface area contributed by atoms with Gasteiger partial charge in [0.25, 0.3) is 0 Å². The first kappa shape index (κ1) is 12.5. The molecular formula is C12H23NO2. The zero-order chi connectivity index (χ0) is 11.5. The van der Waals surface area contributed by atoms with Gasteiger partial charge >= 0.3 is 5.97 Å². The van der Waals surface area contributed by atoms with Gasteiger partial charge in [-0.3, -0.25) is 9.69 Å². The van der Waals surface area contributed by atoms with E-state index < -0.39 is 5.97 Å². The van der Waals surface area contributed by atoms with E-state index in [-0.39, 0.29) is 11.6 Å². The highest BCUT2D eigenvalue weighted by molar-refractivity contribution is 5.73. The van der Waals surface area contributed by atoms with Crippen molar-refractivity contribution in [3.8, 4) is 0 Å². The molecule has 0 aromatic heterocycles. The number of hydrogen-bond acceptors (Lipinski definition) is 2. The van der Waals surface area contributed by atoms with Crippen molar-refractivity contribution >= 4 is 5.97 Å². The summed E-state index contributed by atoms with van der Waals surface area (Å²) in [6, 6.07) is -0.276. The second-order valence-corrected chi connectivity index (χ2v) is 5.11. The fourth-order valence-electron chi connectivity index (χ4n) is 2.52. The second-order valence-electron chi connectivity index (χ2n) is 5.11. The van der Waals surface area contributed by atoms with E-state index >= 15 is 0 Å². The number of unbranched alkanes of at least 4 members (excludes halogenated alkanes) is 1.